The molecule has 0 heterocycles. The normalized spacial score (nSPS) is 32.7. The van der Waals surface area contributed by atoms with Crippen LogP contribution >= 0.6 is 15.9 Å². The summed E-state index contributed by atoms with van der Waals surface area (Å²) in [7, 11) is 0. The van der Waals surface area contributed by atoms with Gasteiger partial charge in [-0.2, -0.15) is 0 Å². The first-order valence-electron chi connectivity index (χ1n) is 8.69. The Morgan fingerprint density at radius 2 is 1.90 bits per heavy atom. The third-order valence-corrected chi connectivity index (χ3v) is 6.07. The van der Waals surface area contributed by atoms with Crippen molar-refractivity contribution in [1.29, 1.82) is 0 Å². The molecule has 21 heavy (non-hydrogen) atoms. The lowest BCUT2D eigenvalue weighted by atomic mass is 9.75. The van der Waals surface area contributed by atoms with Gasteiger partial charge in [0.05, 0.1) is 0 Å². The molecule has 2 fully saturated rings. The third kappa shape index (κ3) is 4.32. The number of hydrogen-bond donors (Lipinski definition) is 1. The molecule has 2 saturated carbocycles. The molecule has 3 rings (SSSR count). The number of rotatable bonds is 5. The van der Waals surface area contributed by atoms with Gasteiger partial charge in [-0.15, -0.1) is 0 Å². The number of hydrogen-bond acceptors (Lipinski definition) is 1. The maximum atomic E-state index is 3.78. The fourth-order valence-electron chi connectivity index (χ4n) is 3.93. The van der Waals surface area contributed by atoms with Crippen LogP contribution in [-0.2, 0) is 0 Å². The molecule has 0 radical (unpaired) electrons. The molecule has 2 aliphatic carbocycles. The maximum Gasteiger partial charge on any atom is 0.0178 e. The topological polar surface area (TPSA) is 12.0 Å². The minimum atomic E-state index is 0.761. The zero-order chi connectivity index (χ0) is 14.7. The van der Waals surface area contributed by atoms with Crippen molar-refractivity contribution in [1.82, 2.24) is 5.32 Å². The molecule has 0 spiro atoms. The average molecular weight is 350 g/mol. The predicted octanol–water partition coefficient (Wildman–Crippen LogP) is 5.50. The predicted molar refractivity (Wildman–Crippen MR) is 93.6 cm³/mol. The molecule has 1 nitrogen and oxygen atoms in total. The fraction of sp³-hybridized carbons (Fsp3) is 0.684. The Morgan fingerprint density at radius 1 is 1.14 bits per heavy atom. The van der Waals surface area contributed by atoms with Gasteiger partial charge < -0.3 is 5.32 Å². The lowest BCUT2D eigenvalue weighted by molar-refractivity contribution is 0.251. The Morgan fingerprint density at radius 3 is 2.62 bits per heavy atom. The highest BCUT2D eigenvalue weighted by atomic mass is 79.9. The van der Waals surface area contributed by atoms with Gasteiger partial charge in [0, 0.05) is 10.5 Å². The first-order chi connectivity index (χ1) is 10.2. The van der Waals surface area contributed by atoms with Gasteiger partial charge in [-0.25, -0.2) is 0 Å². The van der Waals surface area contributed by atoms with E-state index in [-0.39, 0.29) is 0 Å². The Balaban J connectivity index is 1.32. The van der Waals surface area contributed by atoms with Crippen molar-refractivity contribution in [2.45, 2.75) is 63.8 Å². The second kappa shape index (κ2) is 7.28. The summed E-state index contributed by atoms with van der Waals surface area (Å²) < 4.78 is 1.21. The highest BCUT2D eigenvalue weighted by Crippen LogP contribution is 2.38. The van der Waals surface area contributed by atoms with E-state index in [1.165, 1.54) is 61.5 Å². The van der Waals surface area contributed by atoms with Gasteiger partial charge in [-0.05, 0) is 61.3 Å². The smallest absolute Gasteiger partial charge is 0.0178 e. The molecule has 1 N–H and O–H groups in total. The summed E-state index contributed by atoms with van der Waals surface area (Å²) in [6.07, 6.45) is 9.88. The molecule has 1 aromatic carbocycles. The van der Waals surface area contributed by atoms with Gasteiger partial charge in [-0.3, -0.25) is 0 Å². The molecule has 0 atom stereocenters. The van der Waals surface area contributed by atoms with Crippen LogP contribution < -0.4 is 5.32 Å². The van der Waals surface area contributed by atoms with Gasteiger partial charge in [0.25, 0.3) is 0 Å². The molecule has 116 valence electrons. The highest BCUT2D eigenvalue weighted by molar-refractivity contribution is 9.10. The molecule has 2 heteroatoms. The van der Waals surface area contributed by atoms with Crippen LogP contribution in [0.1, 0.15) is 63.4 Å². The Bertz CT molecular complexity index is 445. The zero-order valence-corrected chi connectivity index (χ0v) is 14.7. The summed E-state index contributed by atoms with van der Waals surface area (Å²) in [5.74, 6) is 2.75. The number of halogens is 1. The Kier molecular flexibility index (Phi) is 5.39. The summed E-state index contributed by atoms with van der Waals surface area (Å²) in [5.41, 5.74) is 1.50. The molecule has 0 aromatic heterocycles. The van der Waals surface area contributed by atoms with E-state index in [1.807, 2.05) is 0 Å². The molecular weight excluding hydrogens is 322 g/mol. The molecule has 0 bridgehead atoms. The Labute approximate surface area is 138 Å². The first-order valence-corrected chi connectivity index (χ1v) is 9.49. The van der Waals surface area contributed by atoms with E-state index in [1.54, 1.807) is 0 Å². The van der Waals surface area contributed by atoms with E-state index >= 15 is 0 Å². The van der Waals surface area contributed by atoms with Crippen molar-refractivity contribution in [2.75, 3.05) is 6.54 Å². The average Bonchev–Trinajstić information content (AvgIpc) is 2.43. The maximum absolute atomic E-state index is 3.78. The summed E-state index contributed by atoms with van der Waals surface area (Å²) in [4.78, 5) is 0. The zero-order valence-electron chi connectivity index (χ0n) is 13.2. The van der Waals surface area contributed by atoms with Crippen molar-refractivity contribution < 1.29 is 0 Å². The van der Waals surface area contributed by atoms with E-state index < -0.39 is 0 Å². The molecule has 2 aliphatic rings. The molecule has 0 aliphatic heterocycles. The monoisotopic (exact) mass is 349 g/mol. The number of nitrogens with one attached hydrogen (secondary N) is 1. The number of benzene rings is 1. The summed E-state index contributed by atoms with van der Waals surface area (Å²) in [5, 5.41) is 3.78. The van der Waals surface area contributed by atoms with Gasteiger partial charge >= 0.3 is 0 Å². The SMILES string of the molecule is CC1CCC(CCNC2CC(c3cccc(Br)c3)C2)CC1. The summed E-state index contributed by atoms with van der Waals surface area (Å²) in [6.45, 7) is 3.64. The minimum Gasteiger partial charge on any atom is -0.314 e. The lowest BCUT2D eigenvalue weighted by Gasteiger charge is -2.37. The summed E-state index contributed by atoms with van der Waals surface area (Å²) >= 11 is 3.57. The van der Waals surface area contributed by atoms with Crippen molar-refractivity contribution in [2.24, 2.45) is 11.8 Å². The standard InChI is InChI=1S/C19H28BrN/c1-14-5-7-15(8-6-14)9-10-21-19-12-17(13-19)16-3-2-4-18(20)11-16/h2-4,11,14-15,17,19,21H,5-10,12-13H2,1H3. The van der Waals surface area contributed by atoms with Crippen molar-refractivity contribution in [3.8, 4) is 0 Å². The van der Waals surface area contributed by atoms with Crippen molar-refractivity contribution >= 4 is 15.9 Å². The first kappa shape index (κ1) is 15.6. The van der Waals surface area contributed by atoms with Gasteiger partial charge in [0.1, 0.15) is 0 Å². The van der Waals surface area contributed by atoms with E-state index in [0.717, 1.165) is 23.8 Å². The molecule has 1 aromatic rings. The molecule has 0 amide bonds. The van der Waals surface area contributed by atoms with E-state index in [4.69, 9.17) is 0 Å². The summed E-state index contributed by atoms with van der Waals surface area (Å²) in [6, 6.07) is 9.59. The Hall–Kier alpha value is -0.340. The van der Waals surface area contributed by atoms with Crippen LogP contribution in [0.3, 0.4) is 0 Å². The van der Waals surface area contributed by atoms with Crippen LogP contribution in [0.4, 0.5) is 0 Å². The van der Waals surface area contributed by atoms with E-state index in [9.17, 15) is 0 Å². The van der Waals surface area contributed by atoms with E-state index in [2.05, 4.69) is 52.4 Å². The molecule has 0 saturated heterocycles. The van der Waals surface area contributed by atoms with Crippen LogP contribution in [0.5, 0.6) is 0 Å². The van der Waals surface area contributed by atoms with Crippen molar-refractivity contribution in [3.63, 3.8) is 0 Å². The third-order valence-electron chi connectivity index (χ3n) is 5.58. The minimum absolute atomic E-state index is 0.761. The second-order valence-electron chi connectivity index (χ2n) is 7.29. The fourth-order valence-corrected chi connectivity index (χ4v) is 4.34. The van der Waals surface area contributed by atoms with Crippen LogP contribution in [-0.4, -0.2) is 12.6 Å². The van der Waals surface area contributed by atoms with Crippen molar-refractivity contribution in [3.05, 3.63) is 34.3 Å². The molecule has 0 unspecified atom stereocenters. The van der Waals surface area contributed by atoms with Crippen LogP contribution in [0.25, 0.3) is 0 Å². The highest BCUT2D eigenvalue weighted by Gasteiger charge is 2.30. The second-order valence-corrected chi connectivity index (χ2v) is 8.20. The van der Waals surface area contributed by atoms with Crippen LogP contribution in [0.15, 0.2) is 28.7 Å². The largest absolute Gasteiger partial charge is 0.314 e. The van der Waals surface area contributed by atoms with Gasteiger partial charge in [-0.1, -0.05) is 60.7 Å². The lowest BCUT2D eigenvalue weighted by Crippen LogP contribution is -2.41. The van der Waals surface area contributed by atoms with Crippen LogP contribution in [0, 0.1) is 11.8 Å². The molecular formula is C19H28BrN. The van der Waals surface area contributed by atoms with Gasteiger partial charge in [0.15, 0.2) is 0 Å². The van der Waals surface area contributed by atoms with E-state index in [0.29, 0.717) is 0 Å². The quantitative estimate of drug-likeness (QED) is 0.739. The van der Waals surface area contributed by atoms with Gasteiger partial charge in [0.2, 0.25) is 0 Å². The van der Waals surface area contributed by atoms with Crippen LogP contribution in [0.2, 0.25) is 0 Å².